The summed E-state index contributed by atoms with van der Waals surface area (Å²) in [5.74, 6) is 2.09. The van der Waals surface area contributed by atoms with E-state index in [9.17, 15) is 0 Å². The molecule has 1 aliphatic heterocycles. The van der Waals surface area contributed by atoms with E-state index >= 15 is 0 Å². The summed E-state index contributed by atoms with van der Waals surface area (Å²) in [6.45, 7) is 2.83. The lowest BCUT2D eigenvalue weighted by atomic mass is 10.1. The number of benzene rings is 1. The van der Waals surface area contributed by atoms with E-state index in [2.05, 4.69) is 27.4 Å². The van der Waals surface area contributed by atoms with Crippen molar-refractivity contribution in [3.8, 4) is 5.75 Å². The zero-order chi connectivity index (χ0) is 16.2. The largest absolute Gasteiger partial charge is 0.495 e. The predicted octanol–water partition coefficient (Wildman–Crippen LogP) is 2.51. The van der Waals surface area contributed by atoms with E-state index in [1.165, 1.54) is 0 Å². The fourth-order valence-electron chi connectivity index (χ4n) is 2.72. The van der Waals surface area contributed by atoms with Crippen LogP contribution in [0.25, 0.3) is 0 Å². The minimum Gasteiger partial charge on any atom is -0.495 e. The van der Waals surface area contributed by atoms with Gasteiger partial charge in [0.25, 0.3) is 0 Å². The van der Waals surface area contributed by atoms with Crippen molar-refractivity contribution in [2.24, 2.45) is 0 Å². The van der Waals surface area contributed by atoms with Crippen molar-refractivity contribution in [1.82, 2.24) is 20.4 Å². The normalized spacial score (nSPS) is 18.2. The van der Waals surface area contributed by atoms with E-state index in [4.69, 9.17) is 20.9 Å². The van der Waals surface area contributed by atoms with E-state index in [0.29, 0.717) is 23.1 Å². The third-order valence-electron chi connectivity index (χ3n) is 4.14. The Balaban J connectivity index is 0.00000208. The average Bonchev–Trinajstić information content (AvgIpc) is 3.02. The summed E-state index contributed by atoms with van der Waals surface area (Å²) in [6, 6.07) is 5.97. The quantitative estimate of drug-likeness (QED) is 0.869. The molecule has 0 spiro atoms. The topological polar surface area (TPSA) is 63.4 Å². The number of piperazine rings is 1. The van der Waals surface area contributed by atoms with Crippen molar-refractivity contribution in [2.75, 3.05) is 33.8 Å². The van der Waals surface area contributed by atoms with Crippen molar-refractivity contribution in [2.45, 2.75) is 18.9 Å². The summed E-state index contributed by atoms with van der Waals surface area (Å²) in [5, 5.41) is 8.11. The van der Waals surface area contributed by atoms with Crippen molar-refractivity contribution >= 4 is 24.0 Å². The van der Waals surface area contributed by atoms with Gasteiger partial charge < -0.3 is 14.6 Å². The van der Waals surface area contributed by atoms with Crippen LogP contribution in [0.4, 0.5) is 0 Å². The zero-order valence-electron chi connectivity index (χ0n) is 13.8. The van der Waals surface area contributed by atoms with E-state index in [1.807, 2.05) is 18.2 Å². The van der Waals surface area contributed by atoms with Crippen molar-refractivity contribution in [3.05, 3.63) is 40.5 Å². The van der Waals surface area contributed by atoms with Crippen molar-refractivity contribution in [3.63, 3.8) is 0 Å². The van der Waals surface area contributed by atoms with Gasteiger partial charge in [-0.05, 0) is 31.2 Å². The van der Waals surface area contributed by atoms with Gasteiger partial charge in [-0.25, -0.2) is 0 Å². The SMILES string of the molecule is COc1ccc(CCc2nc(C3CNCCN3C)no2)cc1Cl.Cl. The second-order valence-electron chi connectivity index (χ2n) is 5.72. The molecule has 0 amide bonds. The molecule has 1 N–H and O–H groups in total. The number of rotatable bonds is 5. The average molecular weight is 373 g/mol. The van der Waals surface area contributed by atoms with Crippen LogP contribution in [0.5, 0.6) is 5.75 Å². The molecule has 0 bridgehead atoms. The van der Waals surface area contributed by atoms with Crippen LogP contribution in [0.15, 0.2) is 22.7 Å². The van der Waals surface area contributed by atoms with Gasteiger partial charge in [-0.1, -0.05) is 22.8 Å². The zero-order valence-corrected chi connectivity index (χ0v) is 15.4. The maximum Gasteiger partial charge on any atom is 0.227 e. The Bertz CT molecular complexity index is 665. The maximum atomic E-state index is 6.14. The molecule has 1 aliphatic rings. The van der Waals surface area contributed by atoms with Crippen LogP contribution in [0.3, 0.4) is 0 Å². The molecule has 1 saturated heterocycles. The first-order chi connectivity index (χ1) is 11.2. The summed E-state index contributed by atoms with van der Waals surface area (Å²) in [5.41, 5.74) is 1.12. The van der Waals surface area contributed by atoms with Gasteiger partial charge in [0, 0.05) is 26.1 Å². The molecule has 1 atom stereocenters. The van der Waals surface area contributed by atoms with Crippen LogP contribution in [0, 0.1) is 0 Å². The van der Waals surface area contributed by atoms with Crippen LogP contribution in [0.2, 0.25) is 5.02 Å². The molecule has 3 rings (SSSR count). The number of aromatic nitrogens is 2. The third kappa shape index (κ3) is 4.39. The van der Waals surface area contributed by atoms with Crippen LogP contribution in [-0.2, 0) is 12.8 Å². The van der Waals surface area contributed by atoms with Crippen LogP contribution < -0.4 is 10.1 Å². The van der Waals surface area contributed by atoms with Gasteiger partial charge in [-0.15, -0.1) is 12.4 Å². The minimum atomic E-state index is 0. The van der Waals surface area contributed by atoms with Gasteiger partial charge in [-0.2, -0.15) is 4.98 Å². The first-order valence-electron chi connectivity index (χ1n) is 7.73. The Morgan fingerprint density at radius 1 is 1.42 bits per heavy atom. The number of likely N-dealkylation sites (N-methyl/N-ethyl adjacent to an activating group) is 1. The molecule has 6 nitrogen and oxygen atoms in total. The summed E-state index contributed by atoms with van der Waals surface area (Å²) in [4.78, 5) is 6.78. The molecule has 1 fully saturated rings. The fraction of sp³-hybridized carbons (Fsp3) is 0.500. The number of ether oxygens (including phenoxy) is 1. The number of methoxy groups -OCH3 is 1. The van der Waals surface area contributed by atoms with Gasteiger partial charge >= 0.3 is 0 Å². The van der Waals surface area contributed by atoms with E-state index in [0.717, 1.165) is 37.4 Å². The molecule has 8 heteroatoms. The van der Waals surface area contributed by atoms with Crippen LogP contribution in [0.1, 0.15) is 23.3 Å². The number of aryl methyl sites for hydroxylation is 2. The molecule has 132 valence electrons. The van der Waals surface area contributed by atoms with Crippen molar-refractivity contribution < 1.29 is 9.26 Å². The molecule has 1 unspecified atom stereocenters. The Hall–Kier alpha value is -1.34. The van der Waals surface area contributed by atoms with Gasteiger partial charge in [0.1, 0.15) is 5.75 Å². The monoisotopic (exact) mass is 372 g/mol. The standard InChI is InChI=1S/C16H21ClN4O2.ClH/c1-21-8-7-18-10-13(21)16-19-15(23-20-16)6-4-11-3-5-14(22-2)12(17)9-11;/h3,5,9,13,18H,4,6-8,10H2,1-2H3;1H. The number of hydrogen-bond donors (Lipinski definition) is 1. The van der Waals surface area contributed by atoms with Gasteiger partial charge in [0.2, 0.25) is 5.89 Å². The lowest BCUT2D eigenvalue weighted by Crippen LogP contribution is -2.44. The molecule has 0 radical (unpaired) electrons. The molecular weight excluding hydrogens is 351 g/mol. The first-order valence-corrected chi connectivity index (χ1v) is 8.11. The Morgan fingerprint density at radius 3 is 2.96 bits per heavy atom. The Kier molecular flexibility index (Phi) is 6.86. The highest BCUT2D eigenvalue weighted by Crippen LogP contribution is 2.25. The predicted molar refractivity (Wildman–Crippen MR) is 95.2 cm³/mol. The van der Waals surface area contributed by atoms with Crippen LogP contribution >= 0.6 is 24.0 Å². The minimum absolute atomic E-state index is 0. The fourth-order valence-corrected chi connectivity index (χ4v) is 3.00. The third-order valence-corrected chi connectivity index (χ3v) is 4.43. The summed E-state index contributed by atoms with van der Waals surface area (Å²) in [7, 11) is 3.69. The Labute approximate surface area is 152 Å². The van der Waals surface area contributed by atoms with E-state index in [-0.39, 0.29) is 18.4 Å². The van der Waals surface area contributed by atoms with Gasteiger partial charge in [0.15, 0.2) is 5.82 Å². The second-order valence-corrected chi connectivity index (χ2v) is 6.12. The lowest BCUT2D eigenvalue weighted by Gasteiger charge is -2.30. The number of nitrogens with one attached hydrogen (secondary N) is 1. The highest BCUT2D eigenvalue weighted by molar-refractivity contribution is 6.32. The number of hydrogen-bond acceptors (Lipinski definition) is 6. The number of nitrogens with zero attached hydrogens (tertiary/aromatic N) is 3. The molecule has 0 aliphatic carbocycles. The summed E-state index contributed by atoms with van der Waals surface area (Å²) in [6.07, 6.45) is 1.49. The smallest absolute Gasteiger partial charge is 0.227 e. The van der Waals surface area contributed by atoms with Crippen LogP contribution in [-0.4, -0.2) is 48.8 Å². The van der Waals surface area contributed by atoms with E-state index in [1.54, 1.807) is 7.11 Å². The molecule has 1 aromatic heterocycles. The summed E-state index contributed by atoms with van der Waals surface area (Å²) >= 11 is 6.14. The maximum absolute atomic E-state index is 6.14. The molecule has 0 saturated carbocycles. The molecule has 1 aromatic carbocycles. The van der Waals surface area contributed by atoms with Gasteiger partial charge in [0.05, 0.1) is 18.2 Å². The summed E-state index contributed by atoms with van der Waals surface area (Å²) < 4.78 is 10.5. The lowest BCUT2D eigenvalue weighted by molar-refractivity contribution is 0.190. The highest BCUT2D eigenvalue weighted by Gasteiger charge is 2.25. The number of halogens is 2. The molecular formula is C16H22Cl2N4O2. The Morgan fingerprint density at radius 2 is 2.25 bits per heavy atom. The highest BCUT2D eigenvalue weighted by atomic mass is 35.5. The first kappa shape index (κ1) is 19.0. The molecule has 24 heavy (non-hydrogen) atoms. The van der Waals surface area contributed by atoms with E-state index < -0.39 is 0 Å². The van der Waals surface area contributed by atoms with Gasteiger partial charge in [-0.3, -0.25) is 4.90 Å². The molecule has 2 aromatic rings. The molecule has 2 heterocycles. The van der Waals surface area contributed by atoms with Crippen molar-refractivity contribution in [1.29, 1.82) is 0 Å². The second kappa shape index (κ2) is 8.67.